The number of ketones is 1. The summed E-state index contributed by atoms with van der Waals surface area (Å²) >= 11 is 0. The fraction of sp³-hybridized carbons (Fsp3) is 0.625. The lowest BCUT2D eigenvalue weighted by atomic mass is 10.4. The van der Waals surface area contributed by atoms with Crippen LogP contribution >= 0.6 is 0 Å². The summed E-state index contributed by atoms with van der Waals surface area (Å²) in [6.45, 7) is 4.54. The van der Waals surface area contributed by atoms with Crippen molar-refractivity contribution in [1.29, 1.82) is 0 Å². The lowest BCUT2D eigenvalue weighted by Crippen LogP contribution is -2.20. The van der Waals surface area contributed by atoms with Crippen LogP contribution in [0.15, 0.2) is 12.2 Å². The van der Waals surface area contributed by atoms with Crippen LogP contribution in [0.2, 0.25) is 0 Å². The molecule has 0 saturated carbocycles. The highest BCUT2D eigenvalue weighted by molar-refractivity contribution is 5.82. The number of likely N-dealkylation sites (tertiary alicyclic amines) is 1. The van der Waals surface area contributed by atoms with E-state index in [1.54, 1.807) is 0 Å². The zero-order chi connectivity index (χ0) is 7.40. The molecule has 0 amide bonds. The van der Waals surface area contributed by atoms with Crippen LogP contribution in [0.1, 0.15) is 13.3 Å². The zero-order valence-corrected chi connectivity index (χ0v) is 6.34. The van der Waals surface area contributed by atoms with Crippen molar-refractivity contribution < 1.29 is 4.79 Å². The number of allylic oxidation sites excluding steroid dienone is 1. The Morgan fingerprint density at radius 1 is 1.70 bits per heavy atom. The number of carbonyl (C=O) groups is 1. The van der Waals surface area contributed by atoms with Crippen molar-refractivity contribution >= 4 is 5.78 Å². The molecular weight excluding hydrogens is 126 g/mol. The van der Waals surface area contributed by atoms with Gasteiger partial charge in [-0.25, -0.2) is 0 Å². The third kappa shape index (κ3) is 1.95. The molecule has 0 aromatic carbocycles. The van der Waals surface area contributed by atoms with Crippen LogP contribution in [0.5, 0.6) is 0 Å². The SMILES string of the molecule is C/C=C/CN1CCC(=O)C1. The fourth-order valence-electron chi connectivity index (χ4n) is 1.10. The maximum absolute atomic E-state index is 10.8. The number of rotatable bonds is 2. The lowest BCUT2D eigenvalue weighted by Gasteiger charge is -2.08. The van der Waals surface area contributed by atoms with Crippen molar-refractivity contribution in [3.63, 3.8) is 0 Å². The van der Waals surface area contributed by atoms with Gasteiger partial charge < -0.3 is 0 Å². The van der Waals surface area contributed by atoms with E-state index in [0.29, 0.717) is 12.3 Å². The lowest BCUT2D eigenvalue weighted by molar-refractivity contribution is -0.116. The molecule has 0 aliphatic carbocycles. The molecule has 1 heterocycles. The largest absolute Gasteiger partial charge is 0.298 e. The molecule has 0 radical (unpaired) electrons. The second-order valence-electron chi connectivity index (χ2n) is 2.59. The molecule has 0 aromatic heterocycles. The van der Waals surface area contributed by atoms with E-state index in [2.05, 4.69) is 11.0 Å². The minimum Gasteiger partial charge on any atom is -0.298 e. The molecule has 1 saturated heterocycles. The van der Waals surface area contributed by atoms with Gasteiger partial charge in [0.05, 0.1) is 6.54 Å². The van der Waals surface area contributed by atoms with E-state index in [1.807, 2.05) is 13.0 Å². The Morgan fingerprint density at radius 3 is 3.00 bits per heavy atom. The van der Waals surface area contributed by atoms with Crippen LogP contribution in [0.25, 0.3) is 0 Å². The molecule has 0 aromatic rings. The first kappa shape index (κ1) is 7.48. The first-order chi connectivity index (χ1) is 4.83. The highest BCUT2D eigenvalue weighted by Crippen LogP contribution is 2.02. The molecule has 56 valence electrons. The topological polar surface area (TPSA) is 20.3 Å². The molecule has 1 fully saturated rings. The molecule has 1 rings (SSSR count). The fourth-order valence-corrected chi connectivity index (χ4v) is 1.10. The highest BCUT2D eigenvalue weighted by atomic mass is 16.1. The summed E-state index contributed by atoms with van der Waals surface area (Å²) in [5.41, 5.74) is 0. The smallest absolute Gasteiger partial charge is 0.148 e. The van der Waals surface area contributed by atoms with Gasteiger partial charge in [0.25, 0.3) is 0 Å². The van der Waals surface area contributed by atoms with Gasteiger partial charge in [-0.15, -0.1) is 0 Å². The van der Waals surface area contributed by atoms with Crippen molar-refractivity contribution in [2.75, 3.05) is 19.6 Å². The molecule has 0 bridgehead atoms. The summed E-state index contributed by atoms with van der Waals surface area (Å²) in [6.07, 6.45) is 4.85. The van der Waals surface area contributed by atoms with Crippen molar-refractivity contribution in [3.8, 4) is 0 Å². The first-order valence-corrected chi connectivity index (χ1v) is 3.68. The summed E-state index contributed by atoms with van der Waals surface area (Å²) < 4.78 is 0. The Labute approximate surface area is 61.5 Å². The van der Waals surface area contributed by atoms with Crippen molar-refractivity contribution in [3.05, 3.63) is 12.2 Å². The molecule has 1 aliphatic rings. The van der Waals surface area contributed by atoms with Gasteiger partial charge in [-0.3, -0.25) is 9.69 Å². The Kier molecular flexibility index (Phi) is 2.63. The van der Waals surface area contributed by atoms with Crippen molar-refractivity contribution in [2.45, 2.75) is 13.3 Å². The van der Waals surface area contributed by atoms with E-state index >= 15 is 0 Å². The second-order valence-corrected chi connectivity index (χ2v) is 2.59. The standard InChI is InChI=1S/C8H13NO/c1-2-3-5-9-6-4-8(10)7-9/h2-3H,4-7H2,1H3/b3-2+. The Balaban J connectivity index is 2.24. The van der Waals surface area contributed by atoms with E-state index in [0.717, 1.165) is 19.5 Å². The molecule has 0 N–H and O–H groups in total. The maximum atomic E-state index is 10.8. The van der Waals surface area contributed by atoms with Gasteiger partial charge in [-0.2, -0.15) is 0 Å². The van der Waals surface area contributed by atoms with E-state index in [1.165, 1.54) is 0 Å². The second kappa shape index (κ2) is 3.52. The van der Waals surface area contributed by atoms with E-state index in [4.69, 9.17) is 0 Å². The van der Waals surface area contributed by atoms with Crippen LogP contribution in [0.3, 0.4) is 0 Å². The van der Waals surface area contributed by atoms with Crippen molar-refractivity contribution in [2.24, 2.45) is 0 Å². The number of carbonyl (C=O) groups excluding carboxylic acids is 1. The van der Waals surface area contributed by atoms with Gasteiger partial charge in [-0.05, 0) is 6.92 Å². The van der Waals surface area contributed by atoms with Gasteiger partial charge in [0.2, 0.25) is 0 Å². The molecule has 0 unspecified atom stereocenters. The molecule has 1 aliphatic heterocycles. The zero-order valence-electron chi connectivity index (χ0n) is 6.34. The predicted molar refractivity (Wildman–Crippen MR) is 40.9 cm³/mol. The quantitative estimate of drug-likeness (QED) is 0.528. The van der Waals surface area contributed by atoms with Crippen LogP contribution in [0.4, 0.5) is 0 Å². The molecule has 2 nitrogen and oxygen atoms in total. The Bertz CT molecular complexity index is 151. The van der Waals surface area contributed by atoms with Gasteiger partial charge in [0.15, 0.2) is 0 Å². The number of hydrogen-bond acceptors (Lipinski definition) is 2. The minimum atomic E-state index is 0.379. The van der Waals surface area contributed by atoms with E-state index < -0.39 is 0 Å². The van der Waals surface area contributed by atoms with Gasteiger partial charge >= 0.3 is 0 Å². The average molecular weight is 139 g/mol. The number of Topliss-reactive ketones (excluding diaryl/α,β-unsaturated/α-hetero) is 1. The summed E-state index contributed by atoms with van der Waals surface area (Å²) in [5.74, 6) is 0.379. The minimum absolute atomic E-state index is 0.379. The Hall–Kier alpha value is -0.630. The number of hydrogen-bond donors (Lipinski definition) is 0. The van der Waals surface area contributed by atoms with Crippen LogP contribution in [0, 0.1) is 0 Å². The maximum Gasteiger partial charge on any atom is 0.148 e. The van der Waals surface area contributed by atoms with Crippen LogP contribution < -0.4 is 0 Å². The summed E-state index contributed by atoms with van der Waals surface area (Å²) in [6, 6.07) is 0. The summed E-state index contributed by atoms with van der Waals surface area (Å²) in [5, 5.41) is 0. The molecule has 0 atom stereocenters. The summed E-state index contributed by atoms with van der Waals surface area (Å²) in [7, 11) is 0. The average Bonchev–Trinajstić information content (AvgIpc) is 2.31. The highest BCUT2D eigenvalue weighted by Gasteiger charge is 2.16. The third-order valence-corrected chi connectivity index (χ3v) is 1.71. The van der Waals surface area contributed by atoms with Crippen LogP contribution in [-0.2, 0) is 4.79 Å². The molecule has 0 spiro atoms. The van der Waals surface area contributed by atoms with Crippen molar-refractivity contribution in [1.82, 2.24) is 4.90 Å². The predicted octanol–water partition coefficient (Wildman–Crippen LogP) is 0.837. The van der Waals surface area contributed by atoms with Crippen LogP contribution in [-0.4, -0.2) is 30.3 Å². The van der Waals surface area contributed by atoms with E-state index in [-0.39, 0.29) is 0 Å². The Morgan fingerprint density at radius 2 is 2.50 bits per heavy atom. The normalized spacial score (nSPS) is 21.1. The summed E-state index contributed by atoms with van der Waals surface area (Å²) in [4.78, 5) is 12.9. The van der Waals surface area contributed by atoms with Gasteiger partial charge in [0, 0.05) is 19.5 Å². The molecule has 2 heteroatoms. The molecule has 10 heavy (non-hydrogen) atoms. The van der Waals surface area contributed by atoms with Gasteiger partial charge in [0.1, 0.15) is 5.78 Å². The first-order valence-electron chi connectivity index (χ1n) is 3.68. The number of nitrogens with zero attached hydrogens (tertiary/aromatic N) is 1. The molecular formula is C8H13NO. The third-order valence-electron chi connectivity index (χ3n) is 1.71. The van der Waals surface area contributed by atoms with E-state index in [9.17, 15) is 4.79 Å². The van der Waals surface area contributed by atoms with Gasteiger partial charge in [-0.1, -0.05) is 12.2 Å². The monoisotopic (exact) mass is 139 g/mol.